The third-order valence-electron chi connectivity index (χ3n) is 5.77. The molecule has 0 atom stereocenters. The molecular formula is C26H22N6O. The standard InChI is InChI=1S/C26H22N6O/c27-19-21-10-7-13-28-25(21)30-14-16-31(17-15-30)26(33)24-18-23(20-8-3-1-4-9-20)29-32(24)22-11-5-2-6-12-22/h1-13,18H,14-17H2. The summed E-state index contributed by atoms with van der Waals surface area (Å²) < 4.78 is 1.73. The lowest BCUT2D eigenvalue weighted by Crippen LogP contribution is -2.49. The predicted molar refractivity (Wildman–Crippen MR) is 126 cm³/mol. The Morgan fingerprint density at radius 1 is 0.879 bits per heavy atom. The highest BCUT2D eigenvalue weighted by molar-refractivity contribution is 5.94. The molecule has 0 spiro atoms. The van der Waals surface area contributed by atoms with Gasteiger partial charge in [-0.3, -0.25) is 4.79 Å². The summed E-state index contributed by atoms with van der Waals surface area (Å²) in [5.41, 5.74) is 3.64. The Morgan fingerprint density at radius 3 is 2.27 bits per heavy atom. The van der Waals surface area contributed by atoms with Crippen molar-refractivity contribution >= 4 is 11.7 Å². The Bertz CT molecular complexity index is 1300. The van der Waals surface area contributed by atoms with Crippen LogP contribution in [0.2, 0.25) is 0 Å². The van der Waals surface area contributed by atoms with Crippen LogP contribution >= 0.6 is 0 Å². The minimum atomic E-state index is -0.0605. The summed E-state index contributed by atoms with van der Waals surface area (Å²) in [4.78, 5) is 21.9. The van der Waals surface area contributed by atoms with Gasteiger partial charge in [0.25, 0.3) is 5.91 Å². The number of piperazine rings is 1. The molecule has 0 unspecified atom stereocenters. The third-order valence-corrected chi connectivity index (χ3v) is 5.77. The molecule has 0 saturated carbocycles. The van der Waals surface area contributed by atoms with Crippen LogP contribution in [0.4, 0.5) is 5.82 Å². The van der Waals surface area contributed by atoms with Crippen molar-refractivity contribution < 1.29 is 4.79 Å². The summed E-state index contributed by atoms with van der Waals surface area (Å²) >= 11 is 0. The highest BCUT2D eigenvalue weighted by atomic mass is 16.2. The second kappa shape index (κ2) is 8.97. The van der Waals surface area contributed by atoms with Crippen molar-refractivity contribution in [3.63, 3.8) is 0 Å². The summed E-state index contributed by atoms with van der Waals surface area (Å²) in [5, 5.41) is 14.1. The maximum atomic E-state index is 13.6. The Balaban J connectivity index is 1.42. The van der Waals surface area contributed by atoms with Crippen LogP contribution in [-0.2, 0) is 0 Å². The van der Waals surface area contributed by atoms with Gasteiger partial charge in [-0.15, -0.1) is 0 Å². The molecule has 1 aliphatic rings. The quantitative estimate of drug-likeness (QED) is 0.489. The van der Waals surface area contributed by atoms with Gasteiger partial charge in [0, 0.05) is 37.9 Å². The number of benzene rings is 2. The molecule has 2 aromatic heterocycles. The molecule has 5 rings (SSSR count). The van der Waals surface area contributed by atoms with Gasteiger partial charge in [0.05, 0.1) is 16.9 Å². The SMILES string of the molecule is N#Cc1cccnc1N1CCN(C(=O)c2cc(-c3ccccc3)nn2-c2ccccc2)CC1. The molecule has 1 fully saturated rings. The molecule has 0 N–H and O–H groups in total. The number of para-hydroxylation sites is 1. The van der Waals surface area contributed by atoms with Crippen molar-refractivity contribution in [2.75, 3.05) is 31.1 Å². The topological polar surface area (TPSA) is 78.1 Å². The molecule has 1 amide bonds. The molecule has 2 aromatic carbocycles. The van der Waals surface area contributed by atoms with E-state index in [0.29, 0.717) is 43.3 Å². The number of carbonyl (C=O) groups excluding carboxylic acids is 1. The minimum Gasteiger partial charge on any atom is -0.352 e. The van der Waals surface area contributed by atoms with E-state index in [1.165, 1.54) is 0 Å². The molecular weight excluding hydrogens is 412 g/mol. The molecule has 7 heteroatoms. The maximum absolute atomic E-state index is 13.6. The zero-order valence-electron chi connectivity index (χ0n) is 18.0. The van der Waals surface area contributed by atoms with Gasteiger partial charge < -0.3 is 9.80 Å². The molecule has 7 nitrogen and oxygen atoms in total. The zero-order chi connectivity index (χ0) is 22.6. The molecule has 0 aliphatic carbocycles. The van der Waals surface area contributed by atoms with Crippen molar-refractivity contribution in [2.24, 2.45) is 0 Å². The van der Waals surface area contributed by atoms with E-state index in [1.54, 1.807) is 23.0 Å². The van der Waals surface area contributed by atoms with E-state index in [4.69, 9.17) is 5.10 Å². The predicted octanol–water partition coefficient (Wildman–Crippen LogP) is 3.77. The number of hydrogen-bond donors (Lipinski definition) is 0. The number of nitriles is 1. The lowest BCUT2D eigenvalue weighted by atomic mass is 10.1. The number of rotatable bonds is 4. The average Bonchev–Trinajstić information content (AvgIpc) is 3.35. The van der Waals surface area contributed by atoms with Gasteiger partial charge in [-0.05, 0) is 30.3 Å². The average molecular weight is 435 g/mol. The van der Waals surface area contributed by atoms with E-state index in [0.717, 1.165) is 16.9 Å². The number of pyridine rings is 1. The summed E-state index contributed by atoms with van der Waals surface area (Å²) in [6.07, 6.45) is 1.69. The van der Waals surface area contributed by atoms with Crippen LogP contribution in [0, 0.1) is 11.3 Å². The Labute approximate surface area is 192 Å². The normalized spacial score (nSPS) is 13.5. The Hall–Kier alpha value is -4.44. The lowest BCUT2D eigenvalue weighted by molar-refractivity contribution is 0.0737. The first-order valence-corrected chi connectivity index (χ1v) is 10.8. The zero-order valence-corrected chi connectivity index (χ0v) is 18.0. The van der Waals surface area contributed by atoms with Gasteiger partial charge in [0.1, 0.15) is 17.6 Å². The highest BCUT2D eigenvalue weighted by Gasteiger charge is 2.27. The van der Waals surface area contributed by atoms with Crippen LogP contribution < -0.4 is 4.90 Å². The summed E-state index contributed by atoms with van der Waals surface area (Å²) in [6, 6.07) is 27.2. The maximum Gasteiger partial charge on any atom is 0.272 e. The molecule has 162 valence electrons. The number of hydrogen-bond acceptors (Lipinski definition) is 5. The van der Waals surface area contributed by atoms with E-state index in [9.17, 15) is 10.1 Å². The Morgan fingerprint density at radius 2 is 1.58 bits per heavy atom. The fraction of sp³-hybridized carbons (Fsp3) is 0.154. The smallest absolute Gasteiger partial charge is 0.272 e. The molecule has 33 heavy (non-hydrogen) atoms. The van der Waals surface area contributed by atoms with Gasteiger partial charge in [0.15, 0.2) is 0 Å². The van der Waals surface area contributed by atoms with Crippen LogP contribution in [-0.4, -0.2) is 51.8 Å². The van der Waals surface area contributed by atoms with Crippen molar-refractivity contribution in [3.8, 4) is 23.0 Å². The van der Waals surface area contributed by atoms with Gasteiger partial charge in [-0.1, -0.05) is 48.5 Å². The molecule has 3 heterocycles. The number of nitrogens with zero attached hydrogens (tertiary/aromatic N) is 6. The van der Waals surface area contributed by atoms with Crippen molar-refractivity contribution in [1.29, 1.82) is 5.26 Å². The minimum absolute atomic E-state index is 0.0605. The molecule has 0 bridgehead atoms. The van der Waals surface area contributed by atoms with E-state index in [2.05, 4.69) is 16.0 Å². The van der Waals surface area contributed by atoms with Crippen LogP contribution in [0.25, 0.3) is 16.9 Å². The first-order valence-electron chi connectivity index (χ1n) is 10.8. The third kappa shape index (κ3) is 4.06. The van der Waals surface area contributed by atoms with Gasteiger partial charge >= 0.3 is 0 Å². The van der Waals surface area contributed by atoms with Gasteiger partial charge in [0.2, 0.25) is 0 Å². The largest absolute Gasteiger partial charge is 0.352 e. The van der Waals surface area contributed by atoms with Crippen LogP contribution in [0.3, 0.4) is 0 Å². The second-order valence-electron chi connectivity index (χ2n) is 7.79. The van der Waals surface area contributed by atoms with E-state index >= 15 is 0 Å². The van der Waals surface area contributed by atoms with E-state index in [1.807, 2.05) is 71.6 Å². The highest BCUT2D eigenvalue weighted by Crippen LogP contribution is 2.24. The van der Waals surface area contributed by atoms with Gasteiger partial charge in [-0.2, -0.15) is 10.4 Å². The first-order chi connectivity index (χ1) is 16.2. The summed E-state index contributed by atoms with van der Waals surface area (Å²) in [5.74, 6) is 0.613. The van der Waals surface area contributed by atoms with Crippen molar-refractivity contribution in [1.82, 2.24) is 19.7 Å². The van der Waals surface area contributed by atoms with Crippen LogP contribution in [0.15, 0.2) is 85.1 Å². The molecule has 1 saturated heterocycles. The van der Waals surface area contributed by atoms with Crippen molar-refractivity contribution in [2.45, 2.75) is 0 Å². The van der Waals surface area contributed by atoms with E-state index < -0.39 is 0 Å². The Kier molecular flexibility index (Phi) is 5.56. The number of carbonyl (C=O) groups is 1. The fourth-order valence-corrected chi connectivity index (χ4v) is 4.07. The van der Waals surface area contributed by atoms with Crippen LogP contribution in [0.5, 0.6) is 0 Å². The van der Waals surface area contributed by atoms with Gasteiger partial charge in [-0.25, -0.2) is 9.67 Å². The number of anilines is 1. The fourth-order valence-electron chi connectivity index (χ4n) is 4.07. The molecule has 4 aromatic rings. The number of amides is 1. The molecule has 0 radical (unpaired) electrons. The lowest BCUT2D eigenvalue weighted by Gasteiger charge is -2.35. The number of aromatic nitrogens is 3. The second-order valence-corrected chi connectivity index (χ2v) is 7.79. The van der Waals surface area contributed by atoms with Crippen molar-refractivity contribution in [3.05, 3.63) is 96.3 Å². The monoisotopic (exact) mass is 434 g/mol. The summed E-state index contributed by atoms with van der Waals surface area (Å²) in [7, 11) is 0. The first kappa shape index (κ1) is 20.5. The van der Waals surface area contributed by atoms with E-state index in [-0.39, 0.29) is 5.91 Å². The van der Waals surface area contributed by atoms with Crippen LogP contribution in [0.1, 0.15) is 16.1 Å². The molecule has 1 aliphatic heterocycles. The summed E-state index contributed by atoms with van der Waals surface area (Å²) in [6.45, 7) is 2.31.